The van der Waals surface area contributed by atoms with Crippen LogP contribution in [0.2, 0.25) is 0 Å². The van der Waals surface area contributed by atoms with E-state index in [9.17, 15) is 14.4 Å². The average molecular weight is 401 g/mol. The molecule has 1 atom stereocenters. The van der Waals surface area contributed by atoms with Gasteiger partial charge in [-0.15, -0.1) is 0 Å². The van der Waals surface area contributed by atoms with E-state index in [1.165, 1.54) is 0 Å². The van der Waals surface area contributed by atoms with E-state index in [-0.39, 0.29) is 30.8 Å². The molecular weight excluding hydrogens is 374 g/mol. The maximum absolute atomic E-state index is 12.7. The predicted molar refractivity (Wildman–Crippen MR) is 109 cm³/mol. The van der Waals surface area contributed by atoms with Gasteiger partial charge in [-0.05, 0) is 26.0 Å². The number of carbonyl (C=O) groups excluding carboxylic acids is 2. The van der Waals surface area contributed by atoms with Crippen LogP contribution in [0.15, 0.2) is 29.1 Å². The lowest BCUT2D eigenvalue weighted by atomic mass is 10.2. The smallest absolute Gasteiger partial charge is 0.325 e. The number of carbonyl (C=O) groups is 2. The molecule has 1 aromatic carbocycles. The van der Waals surface area contributed by atoms with Crippen molar-refractivity contribution in [3.05, 3.63) is 40.4 Å². The molecule has 1 fully saturated rings. The highest BCUT2D eigenvalue weighted by Gasteiger charge is 2.27. The number of benzene rings is 1. The largest absolute Gasteiger partial charge is 0.465 e. The number of piperazine rings is 1. The summed E-state index contributed by atoms with van der Waals surface area (Å²) in [6.07, 6.45) is 0. The first-order chi connectivity index (χ1) is 13.9. The first-order valence-corrected chi connectivity index (χ1v) is 9.80. The summed E-state index contributed by atoms with van der Waals surface area (Å²) in [6.45, 7) is 6.25. The minimum atomic E-state index is -0.448. The van der Waals surface area contributed by atoms with Gasteiger partial charge in [0.1, 0.15) is 12.4 Å². The maximum Gasteiger partial charge on any atom is 0.325 e. The molecule has 1 unspecified atom stereocenters. The summed E-state index contributed by atoms with van der Waals surface area (Å²) in [5.74, 6) is 0.255. The van der Waals surface area contributed by atoms with E-state index in [0.717, 1.165) is 0 Å². The van der Waals surface area contributed by atoms with Crippen molar-refractivity contribution >= 4 is 22.9 Å². The third-order valence-electron chi connectivity index (χ3n) is 5.23. The molecule has 2 aromatic rings. The monoisotopic (exact) mass is 401 g/mol. The van der Waals surface area contributed by atoms with Gasteiger partial charge < -0.3 is 15.0 Å². The lowest BCUT2D eigenvalue weighted by Gasteiger charge is -2.38. The lowest BCUT2D eigenvalue weighted by molar-refractivity contribution is -0.141. The Balaban J connectivity index is 1.63. The molecule has 29 heavy (non-hydrogen) atoms. The number of esters is 1. The molecule has 9 heteroatoms. The molecular formula is C20H27N5O4. The number of hydrogen-bond acceptors (Lipinski definition) is 6. The van der Waals surface area contributed by atoms with Crippen LogP contribution in [-0.2, 0) is 16.6 Å². The minimum absolute atomic E-state index is 0.0607. The van der Waals surface area contributed by atoms with Crippen molar-refractivity contribution in [1.29, 1.82) is 0 Å². The fraction of sp³-hybridized carbons (Fsp3) is 0.500. The number of fused-ring (bicyclic) bond motifs is 1. The van der Waals surface area contributed by atoms with Crippen molar-refractivity contribution in [2.24, 2.45) is 7.05 Å². The van der Waals surface area contributed by atoms with Crippen LogP contribution in [0.4, 0.5) is 4.79 Å². The van der Waals surface area contributed by atoms with Crippen molar-refractivity contribution in [1.82, 2.24) is 24.7 Å². The number of nitrogens with one attached hydrogen (secondary N) is 1. The SMILES string of the molecule is CCOC(=O)CNC(=O)N1CCN(C(C)c2nc3ccccc3c(=O)n2C)CC1. The van der Waals surface area contributed by atoms with Gasteiger partial charge in [0.05, 0.1) is 23.6 Å². The van der Waals surface area contributed by atoms with E-state index >= 15 is 0 Å². The molecule has 0 spiro atoms. The summed E-state index contributed by atoms with van der Waals surface area (Å²) >= 11 is 0. The highest BCUT2D eigenvalue weighted by molar-refractivity contribution is 5.81. The highest BCUT2D eigenvalue weighted by Crippen LogP contribution is 2.20. The van der Waals surface area contributed by atoms with Gasteiger partial charge >= 0.3 is 12.0 Å². The fourth-order valence-electron chi connectivity index (χ4n) is 3.56. The summed E-state index contributed by atoms with van der Waals surface area (Å²) in [5.41, 5.74) is 0.629. The Hall–Kier alpha value is -2.94. The Morgan fingerprint density at radius 2 is 1.90 bits per heavy atom. The molecule has 3 rings (SSSR count). The van der Waals surface area contributed by atoms with Crippen molar-refractivity contribution in [3.63, 3.8) is 0 Å². The standard InChI is InChI=1S/C20H27N5O4/c1-4-29-17(26)13-21-20(28)25-11-9-24(10-12-25)14(2)18-22-16-8-6-5-7-15(16)19(27)23(18)3/h5-8,14H,4,9-13H2,1-3H3,(H,21,28). The Bertz CT molecular complexity index is 950. The van der Waals surface area contributed by atoms with Gasteiger partial charge in [0.25, 0.3) is 5.56 Å². The molecule has 0 saturated carbocycles. The highest BCUT2D eigenvalue weighted by atomic mass is 16.5. The van der Waals surface area contributed by atoms with Crippen molar-refractivity contribution in [2.45, 2.75) is 19.9 Å². The number of urea groups is 1. The van der Waals surface area contributed by atoms with E-state index in [4.69, 9.17) is 9.72 Å². The van der Waals surface area contributed by atoms with Crippen LogP contribution < -0.4 is 10.9 Å². The molecule has 1 aliphatic rings. The zero-order valence-corrected chi connectivity index (χ0v) is 17.1. The summed E-state index contributed by atoms with van der Waals surface area (Å²) < 4.78 is 6.42. The van der Waals surface area contributed by atoms with Gasteiger partial charge in [0.15, 0.2) is 0 Å². The summed E-state index contributed by atoms with van der Waals surface area (Å²) in [6, 6.07) is 6.99. The first kappa shape index (κ1) is 20.8. The van der Waals surface area contributed by atoms with Gasteiger partial charge in [-0.25, -0.2) is 9.78 Å². The van der Waals surface area contributed by atoms with Crippen LogP contribution >= 0.6 is 0 Å². The fourth-order valence-corrected chi connectivity index (χ4v) is 3.56. The average Bonchev–Trinajstić information content (AvgIpc) is 2.74. The third kappa shape index (κ3) is 4.56. The Kier molecular flexibility index (Phi) is 6.48. The van der Waals surface area contributed by atoms with Crippen LogP contribution in [-0.4, -0.2) is 70.7 Å². The molecule has 1 aromatic heterocycles. The number of ether oxygens (including phenoxy) is 1. The quantitative estimate of drug-likeness (QED) is 0.748. The predicted octanol–water partition coefficient (Wildman–Crippen LogP) is 0.885. The number of rotatable bonds is 5. The Labute approximate surface area is 169 Å². The summed E-state index contributed by atoms with van der Waals surface area (Å²) in [4.78, 5) is 44.9. The van der Waals surface area contributed by atoms with Crippen LogP contribution in [0.25, 0.3) is 10.9 Å². The van der Waals surface area contributed by atoms with E-state index in [2.05, 4.69) is 10.2 Å². The van der Waals surface area contributed by atoms with Gasteiger partial charge in [-0.3, -0.25) is 19.1 Å². The van der Waals surface area contributed by atoms with E-state index in [1.807, 2.05) is 25.1 Å². The number of para-hydroxylation sites is 1. The second-order valence-corrected chi connectivity index (χ2v) is 7.01. The molecule has 0 bridgehead atoms. The Morgan fingerprint density at radius 3 is 2.59 bits per heavy atom. The van der Waals surface area contributed by atoms with Gasteiger partial charge in [-0.2, -0.15) is 0 Å². The van der Waals surface area contributed by atoms with Gasteiger partial charge in [-0.1, -0.05) is 12.1 Å². The lowest BCUT2D eigenvalue weighted by Crippen LogP contribution is -2.53. The topological polar surface area (TPSA) is 96.8 Å². The van der Waals surface area contributed by atoms with Crippen molar-refractivity contribution in [2.75, 3.05) is 39.3 Å². The molecule has 0 radical (unpaired) electrons. The first-order valence-electron chi connectivity index (χ1n) is 9.80. The molecule has 0 aliphatic carbocycles. The van der Waals surface area contributed by atoms with Crippen LogP contribution in [0, 0.1) is 0 Å². The summed E-state index contributed by atoms with van der Waals surface area (Å²) in [5, 5.41) is 3.19. The van der Waals surface area contributed by atoms with E-state index in [1.54, 1.807) is 29.5 Å². The second-order valence-electron chi connectivity index (χ2n) is 7.01. The molecule has 1 N–H and O–H groups in total. The Morgan fingerprint density at radius 1 is 1.21 bits per heavy atom. The molecule has 1 saturated heterocycles. The number of aromatic nitrogens is 2. The van der Waals surface area contributed by atoms with E-state index < -0.39 is 5.97 Å². The normalized spacial score (nSPS) is 15.9. The zero-order chi connectivity index (χ0) is 21.0. The second kappa shape index (κ2) is 9.04. The third-order valence-corrected chi connectivity index (χ3v) is 5.23. The van der Waals surface area contributed by atoms with Gasteiger partial charge in [0.2, 0.25) is 0 Å². The van der Waals surface area contributed by atoms with Crippen LogP contribution in [0.3, 0.4) is 0 Å². The number of amides is 2. The molecule has 9 nitrogen and oxygen atoms in total. The summed E-state index contributed by atoms with van der Waals surface area (Å²) in [7, 11) is 1.74. The maximum atomic E-state index is 12.7. The number of nitrogens with zero attached hydrogens (tertiary/aromatic N) is 4. The van der Waals surface area contributed by atoms with Crippen LogP contribution in [0.5, 0.6) is 0 Å². The van der Waals surface area contributed by atoms with Gasteiger partial charge in [0, 0.05) is 33.2 Å². The molecule has 1 aliphatic heterocycles. The van der Waals surface area contributed by atoms with Crippen LogP contribution in [0.1, 0.15) is 25.7 Å². The van der Waals surface area contributed by atoms with Crippen molar-refractivity contribution in [3.8, 4) is 0 Å². The zero-order valence-electron chi connectivity index (χ0n) is 17.1. The van der Waals surface area contributed by atoms with E-state index in [0.29, 0.717) is 42.9 Å². The molecule has 156 valence electrons. The molecule has 2 amide bonds. The number of hydrogen-bond donors (Lipinski definition) is 1. The van der Waals surface area contributed by atoms with Crippen molar-refractivity contribution < 1.29 is 14.3 Å². The molecule has 2 heterocycles. The minimum Gasteiger partial charge on any atom is -0.465 e.